The van der Waals surface area contributed by atoms with Crippen molar-refractivity contribution in [3.05, 3.63) is 28.2 Å². The number of hydrogen-bond donors (Lipinski definition) is 1. The van der Waals surface area contributed by atoms with E-state index >= 15 is 0 Å². The van der Waals surface area contributed by atoms with E-state index in [-0.39, 0.29) is 0 Å². The normalized spacial score (nSPS) is 27.8. The van der Waals surface area contributed by atoms with Gasteiger partial charge in [-0.25, -0.2) is 4.79 Å². The summed E-state index contributed by atoms with van der Waals surface area (Å²) in [5, 5.41) is 9.36. The third kappa shape index (κ3) is 2.58. The minimum absolute atomic E-state index is 0.380. The van der Waals surface area contributed by atoms with Crippen molar-refractivity contribution in [2.75, 3.05) is 18.5 Å². The number of rotatable bonds is 4. The quantitative estimate of drug-likeness (QED) is 0.901. The van der Waals surface area contributed by atoms with Gasteiger partial charge in [-0.05, 0) is 55.2 Å². The van der Waals surface area contributed by atoms with Crippen molar-refractivity contribution in [1.29, 1.82) is 0 Å². The molecule has 0 amide bonds. The molecule has 2 saturated carbocycles. The number of nitrogens with zero attached hydrogens (tertiary/aromatic N) is 1. The monoisotopic (exact) mass is 337 g/mol. The lowest BCUT2D eigenvalue weighted by Crippen LogP contribution is -2.29. The van der Waals surface area contributed by atoms with E-state index in [4.69, 9.17) is 0 Å². The highest BCUT2D eigenvalue weighted by Crippen LogP contribution is 2.48. The van der Waals surface area contributed by atoms with Gasteiger partial charge >= 0.3 is 5.97 Å². The fourth-order valence-corrected chi connectivity index (χ4v) is 4.42. The summed E-state index contributed by atoms with van der Waals surface area (Å²) in [4.78, 5) is 13.5. The van der Waals surface area contributed by atoms with Crippen molar-refractivity contribution < 1.29 is 9.90 Å². The Labute approximate surface area is 128 Å². The Morgan fingerprint density at radius 3 is 2.80 bits per heavy atom. The zero-order chi connectivity index (χ0) is 14.3. The minimum Gasteiger partial charge on any atom is -0.478 e. The van der Waals surface area contributed by atoms with Crippen molar-refractivity contribution in [2.45, 2.75) is 25.7 Å². The lowest BCUT2D eigenvalue weighted by molar-refractivity contribution is 0.0697. The highest BCUT2D eigenvalue weighted by molar-refractivity contribution is 9.10. The van der Waals surface area contributed by atoms with Crippen LogP contribution in [0.4, 0.5) is 5.69 Å². The summed E-state index contributed by atoms with van der Waals surface area (Å²) < 4.78 is 0.812. The molecule has 3 rings (SSSR count). The maximum Gasteiger partial charge on any atom is 0.337 e. The molecule has 0 heterocycles. The number of anilines is 1. The van der Waals surface area contributed by atoms with Crippen molar-refractivity contribution in [1.82, 2.24) is 0 Å². The van der Waals surface area contributed by atoms with Gasteiger partial charge in [0.2, 0.25) is 0 Å². The van der Waals surface area contributed by atoms with Crippen LogP contribution in [0.25, 0.3) is 0 Å². The van der Waals surface area contributed by atoms with Gasteiger partial charge in [-0.15, -0.1) is 0 Å². The molecule has 0 spiro atoms. The van der Waals surface area contributed by atoms with Gasteiger partial charge in [-0.3, -0.25) is 0 Å². The van der Waals surface area contributed by atoms with Gasteiger partial charge in [0.15, 0.2) is 0 Å². The smallest absolute Gasteiger partial charge is 0.337 e. The first kappa shape index (κ1) is 13.9. The number of carbonyl (C=O) groups is 1. The molecule has 2 fully saturated rings. The van der Waals surface area contributed by atoms with Crippen LogP contribution in [0.3, 0.4) is 0 Å². The second-order valence-electron chi connectivity index (χ2n) is 6.28. The van der Waals surface area contributed by atoms with Crippen LogP contribution in [0.5, 0.6) is 0 Å². The van der Waals surface area contributed by atoms with E-state index in [9.17, 15) is 9.90 Å². The Hall–Kier alpha value is -1.03. The Morgan fingerprint density at radius 2 is 2.20 bits per heavy atom. The van der Waals surface area contributed by atoms with Crippen LogP contribution in [-0.4, -0.2) is 24.7 Å². The maximum absolute atomic E-state index is 11.4. The van der Waals surface area contributed by atoms with Gasteiger partial charge in [-0.2, -0.15) is 0 Å². The van der Waals surface area contributed by atoms with Gasteiger partial charge in [-0.1, -0.05) is 22.4 Å². The van der Waals surface area contributed by atoms with E-state index in [1.165, 1.54) is 25.7 Å². The number of fused-ring (bicyclic) bond motifs is 2. The molecule has 0 saturated heterocycles. The van der Waals surface area contributed by atoms with E-state index in [0.717, 1.165) is 34.5 Å². The van der Waals surface area contributed by atoms with Gasteiger partial charge in [0.1, 0.15) is 0 Å². The summed E-state index contributed by atoms with van der Waals surface area (Å²) in [6.07, 6.45) is 5.50. The molecule has 108 valence electrons. The second kappa shape index (κ2) is 5.40. The van der Waals surface area contributed by atoms with Crippen LogP contribution in [0.1, 0.15) is 36.0 Å². The van der Waals surface area contributed by atoms with Crippen LogP contribution >= 0.6 is 15.9 Å². The topological polar surface area (TPSA) is 40.5 Å². The highest BCUT2D eigenvalue weighted by atomic mass is 79.9. The van der Waals surface area contributed by atoms with Crippen molar-refractivity contribution in [3.8, 4) is 0 Å². The number of carboxylic acids is 1. The first-order chi connectivity index (χ1) is 9.54. The molecule has 3 nitrogen and oxygen atoms in total. The molecule has 0 aromatic heterocycles. The van der Waals surface area contributed by atoms with Crippen molar-refractivity contribution >= 4 is 27.6 Å². The average Bonchev–Trinajstić information content (AvgIpc) is 3.00. The molecule has 1 N–H and O–H groups in total. The van der Waals surface area contributed by atoms with E-state index in [0.29, 0.717) is 5.56 Å². The van der Waals surface area contributed by atoms with Crippen molar-refractivity contribution in [3.63, 3.8) is 0 Å². The molecule has 2 aliphatic rings. The number of carboxylic acid groups (broad SMARTS) is 1. The minimum atomic E-state index is -0.860. The Balaban J connectivity index is 1.77. The molecule has 2 bridgehead atoms. The Kier molecular flexibility index (Phi) is 3.76. The first-order valence-corrected chi connectivity index (χ1v) is 8.08. The third-order valence-corrected chi connectivity index (χ3v) is 5.49. The van der Waals surface area contributed by atoms with Crippen LogP contribution < -0.4 is 4.90 Å². The maximum atomic E-state index is 11.4. The highest BCUT2D eigenvalue weighted by Gasteiger charge is 2.39. The average molecular weight is 338 g/mol. The number of halogens is 1. The number of hydrogen-bond acceptors (Lipinski definition) is 2. The van der Waals surface area contributed by atoms with E-state index in [2.05, 4.69) is 20.8 Å². The van der Waals surface area contributed by atoms with Crippen molar-refractivity contribution in [2.24, 2.45) is 17.8 Å². The van der Waals surface area contributed by atoms with E-state index < -0.39 is 5.97 Å². The molecular formula is C16H20BrNO2. The summed E-state index contributed by atoms with van der Waals surface area (Å²) in [6, 6.07) is 5.51. The molecule has 2 aliphatic carbocycles. The van der Waals surface area contributed by atoms with Crippen LogP contribution in [0, 0.1) is 17.8 Å². The third-order valence-electron chi connectivity index (χ3n) is 4.99. The van der Waals surface area contributed by atoms with Gasteiger partial charge in [0.05, 0.1) is 11.3 Å². The second-order valence-corrected chi connectivity index (χ2v) is 7.20. The summed E-state index contributed by atoms with van der Waals surface area (Å²) >= 11 is 3.35. The predicted octanol–water partition coefficient (Wildman–Crippen LogP) is 4.02. The molecular weight excluding hydrogens is 318 g/mol. The molecule has 4 heteroatoms. The largest absolute Gasteiger partial charge is 0.478 e. The first-order valence-electron chi connectivity index (χ1n) is 7.28. The lowest BCUT2D eigenvalue weighted by atomic mass is 9.88. The summed E-state index contributed by atoms with van der Waals surface area (Å²) in [5.41, 5.74) is 1.20. The SMILES string of the molecule is CN(CC1CC2CCC1C2)c1ccc(Br)cc1C(=O)O. The zero-order valence-electron chi connectivity index (χ0n) is 11.7. The molecule has 0 radical (unpaired) electrons. The number of benzene rings is 1. The van der Waals surface area contributed by atoms with Gasteiger partial charge in [0, 0.05) is 18.1 Å². The zero-order valence-corrected chi connectivity index (χ0v) is 13.3. The molecule has 0 aliphatic heterocycles. The van der Waals surface area contributed by atoms with Crippen LogP contribution in [0.2, 0.25) is 0 Å². The summed E-state index contributed by atoms with van der Waals surface area (Å²) in [6.45, 7) is 0.975. The Bertz CT molecular complexity index is 531. The lowest BCUT2D eigenvalue weighted by Gasteiger charge is -2.29. The van der Waals surface area contributed by atoms with Crippen LogP contribution in [-0.2, 0) is 0 Å². The fraction of sp³-hybridized carbons (Fsp3) is 0.562. The molecule has 3 unspecified atom stereocenters. The van der Waals surface area contributed by atoms with E-state index in [1.54, 1.807) is 6.07 Å². The number of aromatic carboxylic acids is 1. The Morgan fingerprint density at radius 1 is 1.40 bits per heavy atom. The van der Waals surface area contributed by atoms with Gasteiger partial charge in [0.25, 0.3) is 0 Å². The van der Waals surface area contributed by atoms with Crippen LogP contribution in [0.15, 0.2) is 22.7 Å². The molecule has 3 atom stereocenters. The molecule has 20 heavy (non-hydrogen) atoms. The molecule has 1 aromatic rings. The molecule has 1 aromatic carbocycles. The predicted molar refractivity (Wildman–Crippen MR) is 83.3 cm³/mol. The fourth-order valence-electron chi connectivity index (χ4n) is 4.06. The summed E-state index contributed by atoms with van der Waals surface area (Å²) in [5.74, 6) is 1.68. The van der Waals surface area contributed by atoms with Gasteiger partial charge < -0.3 is 10.0 Å². The van der Waals surface area contributed by atoms with E-state index in [1.807, 2.05) is 19.2 Å². The standard InChI is InChI=1S/C16H20BrNO2/c1-18(9-12-7-10-2-3-11(12)6-10)15-5-4-13(17)8-14(15)16(19)20/h4-5,8,10-12H,2-3,6-7,9H2,1H3,(H,19,20). The summed E-state index contributed by atoms with van der Waals surface area (Å²) in [7, 11) is 2.02.